The van der Waals surface area contributed by atoms with Crippen molar-refractivity contribution in [2.45, 2.75) is 20.0 Å². The summed E-state index contributed by atoms with van der Waals surface area (Å²) in [5.41, 5.74) is 0.611. The average Bonchev–Trinajstić information content (AvgIpc) is 2.47. The minimum atomic E-state index is 0.00250. The van der Waals surface area contributed by atoms with Crippen LogP contribution < -0.4 is 9.47 Å². The molecular formula is C15H21NO4. The van der Waals surface area contributed by atoms with Gasteiger partial charge in [-0.2, -0.15) is 0 Å². The molecule has 0 aliphatic carbocycles. The monoisotopic (exact) mass is 279 g/mol. The van der Waals surface area contributed by atoms with Gasteiger partial charge >= 0.3 is 0 Å². The minimum Gasteiger partial charge on any atom is -0.493 e. The van der Waals surface area contributed by atoms with E-state index in [1.807, 2.05) is 13.8 Å². The normalized spacial score (nSPS) is 15.3. The van der Waals surface area contributed by atoms with Crippen LogP contribution >= 0.6 is 0 Å². The topological polar surface area (TPSA) is 48.0 Å². The SMILES string of the molecule is COc1cc(C(=O)N2CCOCC2)ccc1OC(C)C. The van der Waals surface area contributed by atoms with Crippen molar-refractivity contribution >= 4 is 5.91 Å². The number of nitrogens with zero attached hydrogens (tertiary/aromatic N) is 1. The van der Waals surface area contributed by atoms with Gasteiger partial charge in [0, 0.05) is 18.7 Å². The highest BCUT2D eigenvalue weighted by atomic mass is 16.5. The van der Waals surface area contributed by atoms with E-state index in [1.54, 1.807) is 30.2 Å². The summed E-state index contributed by atoms with van der Waals surface area (Å²) in [5.74, 6) is 1.24. The Morgan fingerprint density at radius 3 is 2.55 bits per heavy atom. The highest BCUT2D eigenvalue weighted by molar-refractivity contribution is 5.95. The molecular weight excluding hydrogens is 258 g/mol. The zero-order valence-corrected chi connectivity index (χ0v) is 12.2. The molecule has 1 aliphatic heterocycles. The molecule has 1 amide bonds. The summed E-state index contributed by atoms with van der Waals surface area (Å²) in [6.07, 6.45) is 0.0599. The van der Waals surface area contributed by atoms with Crippen LogP contribution in [0.1, 0.15) is 24.2 Å². The van der Waals surface area contributed by atoms with E-state index >= 15 is 0 Å². The molecule has 0 N–H and O–H groups in total. The molecule has 20 heavy (non-hydrogen) atoms. The first-order valence-corrected chi connectivity index (χ1v) is 6.83. The van der Waals surface area contributed by atoms with E-state index in [2.05, 4.69) is 0 Å². The molecule has 1 heterocycles. The summed E-state index contributed by atoms with van der Waals surface area (Å²) in [6.45, 7) is 6.35. The maximum atomic E-state index is 12.4. The van der Waals surface area contributed by atoms with E-state index in [0.29, 0.717) is 43.4 Å². The van der Waals surface area contributed by atoms with Crippen molar-refractivity contribution in [2.24, 2.45) is 0 Å². The molecule has 0 unspecified atom stereocenters. The summed E-state index contributed by atoms with van der Waals surface area (Å²) in [7, 11) is 1.57. The van der Waals surface area contributed by atoms with Gasteiger partial charge in [0.2, 0.25) is 0 Å². The Balaban J connectivity index is 2.17. The average molecular weight is 279 g/mol. The molecule has 0 saturated carbocycles. The summed E-state index contributed by atoms with van der Waals surface area (Å²) in [6, 6.07) is 5.29. The lowest BCUT2D eigenvalue weighted by Crippen LogP contribution is -2.40. The second-order valence-corrected chi connectivity index (χ2v) is 4.94. The van der Waals surface area contributed by atoms with Crippen LogP contribution in [0.15, 0.2) is 18.2 Å². The molecule has 0 spiro atoms. The van der Waals surface area contributed by atoms with Crippen molar-refractivity contribution in [2.75, 3.05) is 33.4 Å². The summed E-state index contributed by atoms with van der Waals surface area (Å²) >= 11 is 0. The molecule has 1 fully saturated rings. The third-order valence-corrected chi connectivity index (χ3v) is 3.07. The fraction of sp³-hybridized carbons (Fsp3) is 0.533. The number of hydrogen-bond donors (Lipinski definition) is 0. The smallest absolute Gasteiger partial charge is 0.254 e. The molecule has 1 aromatic rings. The fourth-order valence-electron chi connectivity index (χ4n) is 2.10. The Morgan fingerprint density at radius 2 is 1.95 bits per heavy atom. The van der Waals surface area contributed by atoms with Gasteiger partial charge in [-0.1, -0.05) is 0 Å². The molecule has 0 radical (unpaired) electrons. The summed E-state index contributed by atoms with van der Waals surface area (Å²) in [4.78, 5) is 14.2. The van der Waals surface area contributed by atoms with Gasteiger partial charge in [0.25, 0.3) is 5.91 Å². The predicted molar refractivity (Wildman–Crippen MR) is 75.5 cm³/mol. The Morgan fingerprint density at radius 1 is 1.25 bits per heavy atom. The van der Waals surface area contributed by atoms with Gasteiger partial charge < -0.3 is 19.1 Å². The molecule has 2 rings (SSSR count). The number of hydrogen-bond acceptors (Lipinski definition) is 4. The number of carbonyl (C=O) groups excluding carboxylic acids is 1. The predicted octanol–water partition coefficient (Wildman–Crippen LogP) is 1.95. The van der Waals surface area contributed by atoms with Gasteiger partial charge in [-0.05, 0) is 32.0 Å². The lowest BCUT2D eigenvalue weighted by Gasteiger charge is -2.27. The van der Waals surface area contributed by atoms with E-state index in [0.717, 1.165) is 0 Å². The van der Waals surface area contributed by atoms with E-state index in [1.165, 1.54) is 0 Å². The zero-order valence-electron chi connectivity index (χ0n) is 12.2. The van der Waals surface area contributed by atoms with Crippen molar-refractivity contribution in [1.29, 1.82) is 0 Å². The highest BCUT2D eigenvalue weighted by Gasteiger charge is 2.20. The Bertz CT molecular complexity index is 467. The number of carbonyl (C=O) groups is 1. The van der Waals surface area contributed by atoms with Crippen molar-refractivity contribution < 1.29 is 19.0 Å². The van der Waals surface area contributed by atoms with Crippen LogP contribution in [0.2, 0.25) is 0 Å². The van der Waals surface area contributed by atoms with Gasteiger partial charge in [-0.3, -0.25) is 4.79 Å². The van der Waals surface area contributed by atoms with Crippen molar-refractivity contribution in [3.63, 3.8) is 0 Å². The first-order valence-electron chi connectivity index (χ1n) is 6.83. The lowest BCUT2D eigenvalue weighted by molar-refractivity contribution is 0.0302. The Hall–Kier alpha value is -1.75. The molecule has 0 atom stereocenters. The van der Waals surface area contributed by atoms with Gasteiger partial charge in [0.05, 0.1) is 26.4 Å². The van der Waals surface area contributed by atoms with Gasteiger partial charge in [-0.25, -0.2) is 0 Å². The van der Waals surface area contributed by atoms with Crippen LogP contribution in [0.25, 0.3) is 0 Å². The first kappa shape index (κ1) is 14.7. The molecule has 0 bridgehead atoms. The zero-order chi connectivity index (χ0) is 14.5. The quantitative estimate of drug-likeness (QED) is 0.845. The Kier molecular flexibility index (Phi) is 4.84. The van der Waals surface area contributed by atoms with Crippen LogP contribution in [0.3, 0.4) is 0 Å². The van der Waals surface area contributed by atoms with Gasteiger partial charge in [0.1, 0.15) is 0 Å². The second-order valence-electron chi connectivity index (χ2n) is 4.94. The number of amides is 1. The van der Waals surface area contributed by atoms with E-state index in [-0.39, 0.29) is 12.0 Å². The Labute approximate surface area is 119 Å². The van der Waals surface area contributed by atoms with Crippen LogP contribution in [0, 0.1) is 0 Å². The van der Waals surface area contributed by atoms with Crippen LogP contribution in [0.5, 0.6) is 11.5 Å². The molecule has 0 aromatic heterocycles. The standard InChI is InChI=1S/C15H21NO4/c1-11(2)20-13-5-4-12(10-14(13)18-3)15(17)16-6-8-19-9-7-16/h4-5,10-11H,6-9H2,1-3H3. The van der Waals surface area contributed by atoms with Crippen LogP contribution in [-0.2, 0) is 4.74 Å². The van der Waals surface area contributed by atoms with Crippen molar-refractivity contribution in [3.05, 3.63) is 23.8 Å². The van der Waals surface area contributed by atoms with Gasteiger partial charge in [-0.15, -0.1) is 0 Å². The van der Waals surface area contributed by atoms with Crippen LogP contribution in [0.4, 0.5) is 0 Å². The van der Waals surface area contributed by atoms with E-state index < -0.39 is 0 Å². The van der Waals surface area contributed by atoms with Gasteiger partial charge in [0.15, 0.2) is 11.5 Å². The highest BCUT2D eigenvalue weighted by Crippen LogP contribution is 2.29. The third kappa shape index (κ3) is 3.42. The number of methoxy groups -OCH3 is 1. The number of morpholine rings is 1. The van der Waals surface area contributed by atoms with E-state index in [9.17, 15) is 4.79 Å². The fourth-order valence-corrected chi connectivity index (χ4v) is 2.10. The molecule has 1 aromatic carbocycles. The number of rotatable bonds is 4. The molecule has 110 valence electrons. The largest absolute Gasteiger partial charge is 0.493 e. The molecule has 1 aliphatic rings. The number of benzene rings is 1. The maximum absolute atomic E-state index is 12.4. The molecule has 5 heteroatoms. The molecule has 1 saturated heterocycles. The first-order chi connectivity index (χ1) is 9.61. The minimum absolute atomic E-state index is 0.00250. The third-order valence-electron chi connectivity index (χ3n) is 3.07. The van der Waals surface area contributed by atoms with Crippen molar-refractivity contribution in [1.82, 2.24) is 4.90 Å². The second kappa shape index (κ2) is 6.61. The summed E-state index contributed by atoms with van der Waals surface area (Å²) < 4.78 is 16.2. The summed E-state index contributed by atoms with van der Waals surface area (Å²) in [5, 5.41) is 0. The maximum Gasteiger partial charge on any atom is 0.254 e. The number of ether oxygens (including phenoxy) is 3. The van der Waals surface area contributed by atoms with E-state index in [4.69, 9.17) is 14.2 Å². The lowest BCUT2D eigenvalue weighted by atomic mass is 10.1. The molecule has 5 nitrogen and oxygen atoms in total. The van der Waals surface area contributed by atoms with Crippen molar-refractivity contribution in [3.8, 4) is 11.5 Å². The van der Waals surface area contributed by atoms with Crippen LogP contribution in [-0.4, -0.2) is 50.3 Å².